The van der Waals surface area contributed by atoms with Gasteiger partial charge in [0.1, 0.15) is 0 Å². The summed E-state index contributed by atoms with van der Waals surface area (Å²) in [5.74, 6) is -0.526. The predicted octanol–water partition coefficient (Wildman–Crippen LogP) is 0.0198. The molecule has 2 amide bonds. The minimum Gasteiger partial charge on any atom is -0.318 e. The molecule has 2 N–H and O–H groups in total. The van der Waals surface area contributed by atoms with Crippen LogP contribution in [0.5, 0.6) is 0 Å². The third kappa shape index (κ3) is 1.37. The number of para-hydroxylation sites is 1. The fourth-order valence-corrected chi connectivity index (χ4v) is 1.75. The third-order valence-electron chi connectivity index (χ3n) is 2.82. The zero-order valence-corrected chi connectivity index (χ0v) is 9.18. The molecule has 5 nitrogen and oxygen atoms in total. The second kappa shape index (κ2) is 3.61. The van der Waals surface area contributed by atoms with Crippen LogP contribution in [0.2, 0.25) is 0 Å². The largest absolute Gasteiger partial charge is 0.318 e. The summed E-state index contributed by atoms with van der Waals surface area (Å²) < 4.78 is 0. The van der Waals surface area contributed by atoms with E-state index in [1.54, 1.807) is 31.3 Å². The summed E-state index contributed by atoms with van der Waals surface area (Å²) in [5, 5.41) is 0. The van der Waals surface area contributed by atoms with Crippen LogP contribution in [0, 0.1) is 0 Å². The summed E-state index contributed by atoms with van der Waals surface area (Å²) in [6, 6.07) is 6.97. The maximum absolute atomic E-state index is 12.0. The van der Waals surface area contributed by atoms with Gasteiger partial charge in [-0.05, 0) is 12.1 Å². The lowest BCUT2D eigenvalue weighted by atomic mass is 10.1. The number of carbonyl (C=O) groups is 2. The fourth-order valence-electron chi connectivity index (χ4n) is 1.75. The van der Waals surface area contributed by atoms with Crippen LogP contribution >= 0.6 is 0 Å². The van der Waals surface area contributed by atoms with E-state index in [-0.39, 0.29) is 11.8 Å². The molecule has 1 aliphatic rings. The average Bonchev–Trinajstić information content (AvgIpc) is 2.38. The minimum absolute atomic E-state index is 0.235. The summed E-state index contributed by atoms with van der Waals surface area (Å²) >= 11 is 0. The number of hydrogen-bond donors (Lipinski definition) is 1. The van der Waals surface area contributed by atoms with Crippen molar-refractivity contribution in [1.29, 1.82) is 0 Å². The van der Waals surface area contributed by atoms with Crippen molar-refractivity contribution in [3.05, 3.63) is 29.8 Å². The first-order valence-corrected chi connectivity index (χ1v) is 4.93. The van der Waals surface area contributed by atoms with Crippen LogP contribution in [0.3, 0.4) is 0 Å². The van der Waals surface area contributed by atoms with Crippen LogP contribution in [0.25, 0.3) is 0 Å². The summed E-state index contributed by atoms with van der Waals surface area (Å²) in [7, 11) is 3.15. The highest BCUT2D eigenvalue weighted by Gasteiger charge is 2.33. The first-order valence-electron chi connectivity index (χ1n) is 4.93. The number of nitrogens with two attached hydrogens (primary N) is 1. The van der Waals surface area contributed by atoms with E-state index in [1.165, 1.54) is 16.8 Å². The Labute approximate surface area is 93.4 Å². The highest BCUT2D eigenvalue weighted by Crippen LogP contribution is 2.24. The van der Waals surface area contributed by atoms with Crippen molar-refractivity contribution in [3.63, 3.8) is 0 Å². The molecule has 16 heavy (non-hydrogen) atoms. The van der Waals surface area contributed by atoms with E-state index in [0.717, 1.165) is 0 Å². The van der Waals surface area contributed by atoms with Crippen LogP contribution in [0.4, 0.5) is 5.69 Å². The molecular weight excluding hydrogens is 206 g/mol. The van der Waals surface area contributed by atoms with Gasteiger partial charge in [-0.3, -0.25) is 9.59 Å². The lowest BCUT2D eigenvalue weighted by molar-refractivity contribution is -0.122. The van der Waals surface area contributed by atoms with E-state index >= 15 is 0 Å². The van der Waals surface area contributed by atoms with E-state index in [9.17, 15) is 9.59 Å². The van der Waals surface area contributed by atoms with Crippen LogP contribution in [0.15, 0.2) is 24.3 Å². The van der Waals surface area contributed by atoms with Gasteiger partial charge in [-0.1, -0.05) is 12.1 Å². The van der Waals surface area contributed by atoms with Crippen molar-refractivity contribution < 1.29 is 9.59 Å². The number of nitrogens with zero attached hydrogens (tertiary/aromatic N) is 2. The van der Waals surface area contributed by atoms with Gasteiger partial charge in [0.15, 0.2) is 6.17 Å². The summed E-state index contributed by atoms with van der Waals surface area (Å²) in [5.41, 5.74) is 6.78. The Kier molecular flexibility index (Phi) is 2.40. The molecule has 0 bridgehead atoms. The molecule has 0 radical (unpaired) electrons. The van der Waals surface area contributed by atoms with Crippen molar-refractivity contribution in [2.45, 2.75) is 6.17 Å². The molecule has 0 fully saturated rings. The predicted molar refractivity (Wildman–Crippen MR) is 59.9 cm³/mol. The Bertz CT molecular complexity index is 458. The fraction of sp³-hybridized carbons (Fsp3) is 0.273. The molecule has 0 aromatic heterocycles. The van der Waals surface area contributed by atoms with Crippen LogP contribution in [0.1, 0.15) is 10.4 Å². The molecule has 2 rings (SSSR count). The van der Waals surface area contributed by atoms with Gasteiger partial charge < -0.3 is 15.5 Å². The number of anilines is 1. The number of carbonyl (C=O) groups excluding carboxylic acids is 2. The van der Waals surface area contributed by atoms with Crippen molar-refractivity contribution in [3.8, 4) is 0 Å². The molecule has 5 heteroatoms. The van der Waals surface area contributed by atoms with Gasteiger partial charge in [-0.25, -0.2) is 0 Å². The van der Waals surface area contributed by atoms with Crippen LogP contribution < -0.4 is 10.6 Å². The Morgan fingerprint density at radius 1 is 1.19 bits per heavy atom. The van der Waals surface area contributed by atoms with E-state index in [4.69, 9.17) is 5.73 Å². The van der Waals surface area contributed by atoms with E-state index in [2.05, 4.69) is 0 Å². The second-order valence-electron chi connectivity index (χ2n) is 3.78. The van der Waals surface area contributed by atoms with Gasteiger partial charge in [-0.15, -0.1) is 0 Å². The molecule has 0 saturated heterocycles. The standard InChI is InChI=1S/C11H13N3O2/c1-13-8-6-4-3-5-7(8)10(15)14(2)9(12)11(13)16/h3-6,9H,12H2,1-2H3. The minimum atomic E-state index is -0.926. The molecule has 1 aromatic rings. The Morgan fingerprint density at radius 3 is 2.50 bits per heavy atom. The van der Waals surface area contributed by atoms with E-state index in [1.807, 2.05) is 0 Å². The molecule has 0 saturated carbocycles. The third-order valence-corrected chi connectivity index (χ3v) is 2.82. The molecule has 1 heterocycles. The van der Waals surface area contributed by atoms with Gasteiger partial charge in [0.05, 0.1) is 11.3 Å². The Morgan fingerprint density at radius 2 is 1.81 bits per heavy atom. The molecule has 84 valence electrons. The average molecular weight is 219 g/mol. The van der Waals surface area contributed by atoms with Crippen LogP contribution in [-0.2, 0) is 4.79 Å². The molecule has 1 unspecified atom stereocenters. The summed E-state index contributed by atoms with van der Waals surface area (Å²) in [4.78, 5) is 26.5. The number of fused-ring (bicyclic) bond motifs is 1. The number of hydrogen-bond acceptors (Lipinski definition) is 3. The topological polar surface area (TPSA) is 66.6 Å². The quantitative estimate of drug-likeness (QED) is 0.669. The monoisotopic (exact) mass is 219 g/mol. The lowest BCUT2D eigenvalue weighted by Gasteiger charge is -2.22. The van der Waals surface area contributed by atoms with Crippen LogP contribution in [-0.4, -0.2) is 37.0 Å². The van der Waals surface area contributed by atoms with Gasteiger partial charge in [0, 0.05) is 14.1 Å². The summed E-state index contributed by atoms with van der Waals surface area (Å²) in [6.45, 7) is 0. The highest BCUT2D eigenvalue weighted by molar-refractivity contribution is 6.10. The van der Waals surface area contributed by atoms with Crippen molar-refractivity contribution in [2.24, 2.45) is 5.73 Å². The SMILES string of the molecule is CN1C(=O)C(N)N(C)C(=O)c2ccccc21. The molecule has 1 aromatic carbocycles. The number of likely N-dealkylation sites (N-methyl/N-ethyl adjacent to an activating group) is 2. The zero-order chi connectivity index (χ0) is 11.9. The van der Waals surface area contributed by atoms with Gasteiger partial charge in [0.25, 0.3) is 11.8 Å². The Balaban J connectivity index is 2.62. The molecule has 1 atom stereocenters. The smallest absolute Gasteiger partial charge is 0.264 e. The van der Waals surface area contributed by atoms with E-state index in [0.29, 0.717) is 11.3 Å². The maximum Gasteiger partial charge on any atom is 0.264 e. The van der Waals surface area contributed by atoms with Gasteiger partial charge in [-0.2, -0.15) is 0 Å². The first-order chi connectivity index (χ1) is 7.54. The maximum atomic E-state index is 12.0. The van der Waals surface area contributed by atoms with Gasteiger partial charge >= 0.3 is 0 Å². The number of rotatable bonds is 0. The second-order valence-corrected chi connectivity index (χ2v) is 3.78. The first kappa shape index (κ1) is 10.6. The van der Waals surface area contributed by atoms with Crippen molar-refractivity contribution in [2.75, 3.05) is 19.0 Å². The summed E-state index contributed by atoms with van der Waals surface area (Å²) in [6.07, 6.45) is -0.926. The Hall–Kier alpha value is -1.88. The normalized spacial score (nSPS) is 20.8. The van der Waals surface area contributed by atoms with Gasteiger partial charge in [0.2, 0.25) is 0 Å². The molecule has 0 spiro atoms. The molecular formula is C11H13N3O2. The van der Waals surface area contributed by atoms with Crippen molar-refractivity contribution in [1.82, 2.24) is 4.90 Å². The number of amides is 2. The molecule has 0 aliphatic carbocycles. The number of benzene rings is 1. The van der Waals surface area contributed by atoms with E-state index < -0.39 is 6.17 Å². The highest BCUT2D eigenvalue weighted by atomic mass is 16.2. The zero-order valence-electron chi connectivity index (χ0n) is 9.18. The molecule has 1 aliphatic heterocycles. The lowest BCUT2D eigenvalue weighted by Crippen LogP contribution is -2.51. The van der Waals surface area contributed by atoms with Crippen molar-refractivity contribution >= 4 is 17.5 Å².